The standard InChI is InChI=1S/C15H22N4O/c1-14(2,3)12-9-11-13(16-7-8-19(11)18-12)17-15(10-20)5-4-6-15/h7-9,20H,4-6,10H2,1-3H3,(H,16,17). The van der Waals surface area contributed by atoms with Gasteiger partial charge < -0.3 is 10.4 Å². The summed E-state index contributed by atoms with van der Waals surface area (Å²) >= 11 is 0. The molecule has 20 heavy (non-hydrogen) atoms. The van der Waals surface area contributed by atoms with Crippen LogP contribution in [0.5, 0.6) is 0 Å². The number of fused-ring (bicyclic) bond motifs is 1. The number of anilines is 1. The number of aliphatic hydroxyl groups is 1. The molecule has 1 aliphatic carbocycles. The fraction of sp³-hybridized carbons (Fsp3) is 0.600. The van der Waals surface area contributed by atoms with Crippen molar-refractivity contribution in [1.82, 2.24) is 14.6 Å². The van der Waals surface area contributed by atoms with E-state index < -0.39 is 0 Å². The molecular formula is C15H22N4O. The molecule has 1 aliphatic rings. The zero-order valence-corrected chi connectivity index (χ0v) is 12.3. The van der Waals surface area contributed by atoms with Crippen molar-refractivity contribution in [2.45, 2.75) is 51.0 Å². The second kappa shape index (κ2) is 4.45. The summed E-state index contributed by atoms with van der Waals surface area (Å²) in [6.07, 6.45) is 6.75. The highest BCUT2D eigenvalue weighted by Gasteiger charge is 2.37. The number of hydrogen-bond acceptors (Lipinski definition) is 4. The van der Waals surface area contributed by atoms with Gasteiger partial charge in [0.25, 0.3) is 0 Å². The highest BCUT2D eigenvalue weighted by Crippen LogP contribution is 2.35. The van der Waals surface area contributed by atoms with Crippen LogP contribution in [0.3, 0.4) is 0 Å². The predicted molar refractivity (Wildman–Crippen MR) is 79.0 cm³/mol. The lowest BCUT2D eigenvalue weighted by Crippen LogP contribution is -2.48. The molecular weight excluding hydrogens is 252 g/mol. The third-order valence-electron chi connectivity index (χ3n) is 4.16. The zero-order chi connectivity index (χ0) is 14.4. The maximum atomic E-state index is 9.59. The Balaban J connectivity index is 2.01. The minimum Gasteiger partial charge on any atom is -0.394 e. The molecule has 0 saturated heterocycles. The smallest absolute Gasteiger partial charge is 0.152 e. The van der Waals surface area contributed by atoms with Gasteiger partial charge in [0, 0.05) is 17.8 Å². The highest BCUT2D eigenvalue weighted by molar-refractivity contribution is 5.69. The molecule has 5 heteroatoms. The van der Waals surface area contributed by atoms with E-state index in [0.29, 0.717) is 0 Å². The van der Waals surface area contributed by atoms with Gasteiger partial charge in [-0.05, 0) is 25.3 Å². The van der Waals surface area contributed by atoms with E-state index in [9.17, 15) is 5.11 Å². The maximum absolute atomic E-state index is 9.59. The summed E-state index contributed by atoms with van der Waals surface area (Å²) in [6, 6.07) is 2.08. The van der Waals surface area contributed by atoms with Crippen molar-refractivity contribution < 1.29 is 5.11 Å². The van der Waals surface area contributed by atoms with Gasteiger partial charge in [-0.2, -0.15) is 5.10 Å². The maximum Gasteiger partial charge on any atom is 0.152 e. The Morgan fingerprint density at radius 1 is 1.40 bits per heavy atom. The molecule has 1 fully saturated rings. The molecule has 0 amide bonds. The molecule has 0 spiro atoms. The van der Waals surface area contributed by atoms with Gasteiger partial charge in [-0.15, -0.1) is 0 Å². The summed E-state index contributed by atoms with van der Waals surface area (Å²) in [6.45, 7) is 6.60. The molecule has 0 aromatic carbocycles. The summed E-state index contributed by atoms with van der Waals surface area (Å²) in [5.74, 6) is 0.809. The fourth-order valence-electron chi connectivity index (χ4n) is 2.56. The van der Waals surface area contributed by atoms with Crippen LogP contribution in [0.2, 0.25) is 0 Å². The quantitative estimate of drug-likeness (QED) is 0.902. The molecule has 2 heterocycles. The summed E-state index contributed by atoms with van der Waals surface area (Å²) in [4.78, 5) is 4.43. The van der Waals surface area contributed by atoms with Crippen molar-refractivity contribution >= 4 is 11.3 Å². The van der Waals surface area contributed by atoms with E-state index in [2.05, 4.69) is 42.2 Å². The Bertz CT molecular complexity index is 617. The van der Waals surface area contributed by atoms with Crippen LogP contribution >= 0.6 is 0 Å². The van der Waals surface area contributed by atoms with E-state index in [1.807, 2.05) is 10.7 Å². The average Bonchev–Trinajstić information content (AvgIpc) is 2.78. The lowest BCUT2D eigenvalue weighted by molar-refractivity contribution is 0.144. The topological polar surface area (TPSA) is 62.5 Å². The third kappa shape index (κ3) is 2.16. The molecule has 0 bridgehead atoms. The Kier molecular flexibility index (Phi) is 2.97. The van der Waals surface area contributed by atoms with Crippen LogP contribution in [0.4, 0.5) is 5.82 Å². The van der Waals surface area contributed by atoms with Crippen LogP contribution in [0.15, 0.2) is 18.5 Å². The van der Waals surface area contributed by atoms with Gasteiger partial charge >= 0.3 is 0 Å². The highest BCUT2D eigenvalue weighted by atomic mass is 16.3. The van der Waals surface area contributed by atoms with Gasteiger partial charge in [-0.25, -0.2) is 9.50 Å². The van der Waals surface area contributed by atoms with Crippen LogP contribution in [0.25, 0.3) is 5.52 Å². The van der Waals surface area contributed by atoms with Gasteiger partial charge in [0.2, 0.25) is 0 Å². The van der Waals surface area contributed by atoms with E-state index in [0.717, 1.165) is 36.3 Å². The average molecular weight is 274 g/mol. The lowest BCUT2D eigenvalue weighted by atomic mass is 9.77. The number of nitrogens with zero attached hydrogens (tertiary/aromatic N) is 3. The lowest BCUT2D eigenvalue weighted by Gasteiger charge is -2.41. The van der Waals surface area contributed by atoms with Gasteiger partial charge in [0.05, 0.1) is 17.8 Å². The fourth-order valence-corrected chi connectivity index (χ4v) is 2.56. The van der Waals surface area contributed by atoms with E-state index in [1.54, 1.807) is 6.20 Å². The number of hydrogen-bond donors (Lipinski definition) is 2. The van der Waals surface area contributed by atoms with Crippen LogP contribution in [-0.4, -0.2) is 31.9 Å². The number of rotatable bonds is 3. The molecule has 0 unspecified atom stereocenters. The SMILES string of the molecule is CC(C)(C)c1cc2c(NC3(CO)CCC3)nccn2n1. The van der Waals surface area contributed by atoms with Crippen molar-refractivity contribution in [3.05, 3.63) is 24.2 Å². The van der Waals surface area contributed by atoms with Crippen LogP contribution in [-0.2, 0) is 5.41 Å². The second-order valence-corrected chi connectivity index (χ2v) is 6.80. The third-order valence-corrected chi connectivity index (χ3v) is 4.16. The van der Waals surface area contributed by atoms with Crippen molar-refractivity contribution in [2.75, 3.05) is 11.9 Å². The zero-order valence-electron chi connectivity index (χ0n) is 12.3. The number of nitrogens with one attached hydrogen (secondary N) is 1. The summed E-state index contributed by atoms with van der Waals surface area (Å²) < 4.78 is 1.86. The Hall–Kier alpha value is -1.62. The minimum atomic E-state index is -0.193. The Morgan fingerprint density at radius 3 is 2.70 bits per heavy atom. The van der Waals surface area contributed by atoms with E-state index in [4.69, 9.17) is 0 Å². The van der Waals surface area contributed by atoms with E-state index >= 15 is 0 Å². The van der Waals surface area contributed by atoms with Crippen LogP contribution < -0.4 is 5.32 Å². The summed E-state index contributed by atoms with van der Waals surface area (Å²) in [7, 11) is 0. The molecule has 2 N–H and O–H groups in total. The Labute approximate surface area is 119 Å². The first kappa shape index (κ1) is 13.4. The Morgan fingerprint density at radius 2 is 2.15 bits per heavy atom. The van der Waals surface area contributed by atoms with Crippen molar-refractivity contribution in [3.8, 4) is 0 Å². The first-order valence-electron chi connectivity index (χ1n) is 7.17. The normalized spacial score (nSPS) is 18.0. The van der Waals surface area contributed by atoms with Crippen molar-refractivity contribution in [1.29, 1.82) is 0 Å². The minimum absolute atomic E-state index is 0.00836. The van der Waals surface area contributed by atoms with E-state index in [-0.39, 0.29) is 17.6 Å². The molecule has 2 aromatic rings. The summed E-state index contributed by atoms with van der Waals surface area (Å²) in [5.41, 5.74) is 1.83. The van der Waals surface area contributed by atoms with Crippen LogP contribution in [0, 0.1) is 0 Å². The summed E-state index contributed by atoms with van der Waals surface area (Å²) in [5, 5.41) is 17.6. The molecule has 0 radical (unpaired) electrons. The van der Waals surface area contributed by atoms with Gasteiger partial charge in [0.1, 0.15) is 5.52 Å². The predicted octanol–water partition coefficient (Wildman–Crippen LogP) is 2.35. The van der Waals surface area contributed by atoms with Gasteiger partial charge in [0.15, 0.2) is 5.82 Å². The molecule has 5 nitrogen and oxygen atoms in total. The second-order valence-electron chi connectivity index (χ2n) is 6.80. The first-order valence-corrected chi connectivity index (χ1v) is 7.17. The molecule has 1 saturated carbocycles. The van der Waals surface area contributed by atoms with Crippen molar-refractivity contribution in [3.63, 3.8) is 0 Å². The largest absolute Gasteiger partial charge is 0.394 e. The molecule has 3 rings (SSSR count). The first-order chi connectivity index (χ1) is 9.43. The molecule has 0 aliphatic heterocycles. The monoisotopic (exact) mass is 274 g/mol. The van der Waals surface area contributed by atoms with E-state index in [1.165, 1.54) is 0 Å². The van der Waals surface area contributed by atoms with Gasteiger partial charge in [-0.3, -0.25) is 0 Å². The molecule has 2 aromatic heterocycles. The molecule has 108 valence electrons. The van der Waals surface area contributed by atoms with Gasteiger partial charge in [-0.1, -0.05) is 20.8 Å². The van der Waals surface area contributed by atoms with Crippen molar-refractivity contribution in [2.24, 2.45) is 0 Å². The molecule has 0 atom stereocenters. The number of aliphatic hydroxyl groups excluding tert-OH is 1. The number of aromatic nitrogens is 3. The van der Waals surface area contributed by atoms with Crippen LogP contribution in [0.1, 0.15) is 45.7 Å².